The van der Waals surface area contributed by atoms with Gasteiger partial charge in [0.15, 0.2) is 5.16 Å². The van der Waals surface area contributed by atoms with Crippen LogP contribution in [0.3, 0.4) is 0 Å². The molecule has 3 aromatic rings. The van der Waals surface area contributed by atoms with Crippen molar-refractivity contribution in [2.75, 3.05) is 0 Å². The molecule has 0 aliphatic rings. The van der Waals surface area contributed by atoms with Crippen molar-refractivity contribution in [1.82, 2.24) is 19.7 Å². The molecule has 3 heterocycles. The van der Waals surface area contributed by atoms with Crippen molar-refractivity contribution >= 4 is 23.1 Å². The summed E-state index contributed by atoms with van der Waals surface area (Å²) in [6, 6.07) is 3.97. The van der Waals surface area contributed by atoms with Crippen LogP contribution in [-0.4, -0.2) is 19.7 Å². The van der Waals surface area contributed by atoms with Crippen LogP contribution < -0.4 is 5.69 Å². The van der Waals surface area contributed by atoms with Gasteiger partial charge in [0.2, 0.25) is 5.89 Å². The van der Waals surface area contributed by atoms with Gasteiger partial charge in [0.05, 0.1) is 10.6 Å². The number of aromatic nitrogens is 4. The summed E-state index contributed by atoms with van der Waals surface area (Å²) in [6.45, 7) is 4.70. The zero-order chi connectivity index (χ0) is 16.2. The van der Waals surface area contributed by atoms with E-state index in [2.05, 4.69) is 22.1 Å². The molecule has 0 aromatic carbocycles. The number of aryl methyl sites for hydroxylation is 1. The number of nitrogens with zero attached hydrogens (tertiary/aromatic N) is 3. The molecule has 0 aliphatic carbocycles. The number of nitrogens with one attached hydrogen (secondary N) is 1. The van der Waals surface area contributed by atoms with Gasteiger partial charge in [-0.05, 0) is 24.8 Å². The summed E-state index contributed by atoms with van der Waals surface area (Å²) >= 11 is 3.10. The zero-order valence-corrected chi connectivity index (χ0v) is 14.7. The van der Waals surface area contributed by atoms with Gasteiger partial charge in [-0.3, -0.25) is 4.57 Å². The molecule has 0 spiro atoms. The monoisotopic (exact) mass is 350 g/mol. The van der Waals surface area contributed by atoms with E-state index in [0.717, 1.165) is 29.2 Å². The molecule has 0 saturated heterocycles. The maximum absolute atomic E-state index is 11.8. The van der Waals surface area contributed by atoms with Crippen LogP contribution in [0.2, 0.25) is 0 Å². The fourth-order valence-corrected chi connectivity index (χ4v) is 3.75. The number of oxazole rings is 1. The maximum atomic E-state index is 11.8. The smallest absolute Gasteiger partial charge is 0.343 e. The van der Waals surface area contributed by atoms with Crippen LogP contribution in [0.15, 0.2) is 31.9 Å². The third kappa shape index (κ3) is 3.59. The van der Waals surface area contributed by atoms with E-state index in [1.54, 1.807) is 15.9 Å². The average molecular weight is 350 g/mol. The average Bonchev–Trinajstić information content (AvgIpc) is 3.25. The fraction of sp³-hybridized carbons (Fsp3) is 0.400. The number of thiophene rings is 1. The molecule has 0 aliphatic heterocycles. The molecule has 0 saturated carbocycles. The van der Waals surface area contributed by atoms with Crippen LogP contribution in [0, 0.1) is 6.92 Å². The van der Waals surface area contributed by atoms with E-state index in [1.807, 2.05) is 24.4 Å². The van der Waals surface area contributed by atoms with E-state index in [-0.39, 0.29) is 5.69 Å². The number of aromatic amines is 1. The standard InChI is InChI=1S/C15H18N4O2S2/c1-3-4-7-19-14(20)17-18-15(19)23-9-11-10(2)21-13(16-11)12-6-5-8-22-12/h5-6,8H,3-4,7,9H2,1-2H3,(H,17,20). The lowest BCUT2D eigenvalue weighted by molar-refractivity contribution is 0.542. The minimum Gasteiger partial charge on any atom is -0.440 e. The fourth-order valence-electron chi connectivity index (χ4n) is 2.13. The Bertz CT molecular complexity index is 817. The Morgan fingerprint density at radius 2 is 2.35 bits per heavy atom. The van der Waals surface area contributed by atoms with Gasteiger partial charge < -0.3 is 4.42 Å². The molecule has 3 aromatic heterocycles. The van der Waals surface area contributed by atoms with E-state index in [4.69, 9.17) is 4.42 Å². The normalized spacial score (nSPS) is 11.2. The molecule has 23 heavy (non-hydrogen) atoms. The Morgan fingerprint density at radius 1 is 1.48 bits per heavy atom. The second kappa shape index (κ2) is 7.18. The third-order valence-corrected chi connectivity index (χ3v) is 5.27. The number of hydrogen-bond acceptors (Lipinski definition) is 6. The largest absolute Gasteiger partial charge is 0.440 e. The highest BCUT2D eigenvalue weighted by Crippen LogP contribution is 2.28. The van der Waals surface area contributed by atoms with Crippen LogP contribution in [0.25, 0.3) is 10.8 Å². The summed E-state index contributed by atoms with van der Waals surface area (Å²) in [5, 5.41) is 9.32. The first-order chi connectivity index (χ1) is 11.2. The summed E-state index contributed by atoms with van der Waals surface area (Å²) in [7, 11) is 0. The van der Waals surface area contributed by atoms with Gasteiger partial charge in [-0.1, -0.05) is 31.2 Å². The molecule has 0 radical (unpaired) electrons. The predicted octanol–water partition coefficient (Wildman–Crippen LogP) is 3.69. The highest BCUT2D eigenvalue weighted by atomic mass is 32.2. The molecule has 122 valence electrons. The van der Waals surface area contributed by atoms with Crippen molar-refractivity contribution in [3.63, 3.8) is 0 Å². The molecule has 0 fully saturated rings. The van der Waals surface area contributed by atoms with Crippen molar-refractivity contribution in [1.29, 1.82) is 0 Å². The molecule has 6 nitrogen and oxygen atoms in total. The molecule has 8 heteroatoms. The minimum absolute atomic E-state index is 0.155. The van der Waals surface area contributed by atoms with E-state index in [0.29, 0.717) is 23.3 Å². The Hall–Kier alpha value is -1.80. The summed E-state index contributed by atoms with van der Waals surface area (Å²) in [5.74, 6) is 2.08. The Morgan fingerprint density at radius 3 is 3.09 bits per heavy atom. The number of rotatable bonds is 7. The Kier molecular flexibility index (Phi) is 5.02. The number of H-pyrrole nitrogens is 1. The number of unbranched alkanes of at least 4 members (excludes halogenated alkanes) is 1. The topological polar surface area (TPSA) is 76.7 Å². The molecule has 0 unspecified atom stereocenters. The minimum atomic E-state index is -0.155. The lowest BCUT2D eigenvalue weighted by Crippen LogP contribution is -2.17. The van der Waals surface area contributed by atoms with Crippen LogP contribution in [0.1, 0.15) is 31.2 Å². The molecule has 1 N–H and O–H groups in total. The lowest BCUT2D eigenvalue weighted by atomic mass is 10.3. The van der Waals surface area contributed by atoms with Gasteiger partial charge in [0.25, 0.3) is 0 Å². The van der Waals surface area contributed by atoms with Crippen LogP contribution in [0.5, 0.6) is 0 Å². The number of hydrogen-bond donors (Lipinski definition) is 1. The second-order valence-electron chi connectivity index (χ2n) is 5.10. The maximum Gasteiger partial charge on any atom is 0.343 e. The third-order valence-electron chi connectivity index (χ3n) is 3.42. The van der Waals surface area contributed by atoms with Crippen LogP contribution >= 0.6 is 23.1 Å². The first kappa shape index (κ1) is 16.1. The second-order valence-corrected chi connectivity index (χ2v) is 6.99. The van der Waals surface area contributed by atoms with Crippen LogP contribution in [0.4, 0.5) is 0 Å². The van der Waals surface area contributed by atoms with Gasteiger partial charge >= 0.3 is 5.69 Å². The quantitative estimate of drug-likeness (QED) is 0.658. The first-order valence-corrected chi connectivity index (χ1v) is 9.33. The highest BCUT2D eigenvalue weighted by Gasteiger charge is 2.15. The van der Waals surface area contributed by atoms with Crippen molar-refractivity contribution in [3.05, 3.63) is 39.5 Å². The summed E-state index contributed by atoms with van der Waals surface area (Å²) < 4.78 is 7.42. The lowest BCUT2D eigenvalue weighted by Gasteiger charge is -2.03. The van der Waals surface area contributed by atoms with Crippen molar-refractivity contribution in [2.24, 2.45) is 0 Å². The first-order valence-electron chi connectivity index (χ1n) is 7.47. The van der Waals surface area contributed by atoms with Gasteiger partial charge in [0, 0.05) is 12.3 Å². The summed E-state index contributed by atoms with van der Waals surface area (Å²) in [5.41, 5.74) is 0.730. The molecule has 0 amide bonds. The molecular formula is C15H18N4O2S2. The van der Waals surface area contributed by atoms with Crippen LogP contribution in [-0.2, 0) is 12.3 Å². The Balaban J connectivity index is 1.73. The predicted molar refractivity (Wildman–Crippen MR) is 91.9 cm³/mol. The molecule has 0 bridgehead atoms. The van der Waals surface area contributed by atoms with E-state index in [1.165, 1.54) is 11.8 Å². The van der Waals surface area contributed by atoms with Gasteiger partial charge in [-0.2, -0.15) is 0 Å². The SMILES string of the molecule is CCCCn1c(SCc2nc(-c3cccs3)oc2C)n[nH]c1=O. The molecular weight excluding hydrogens is 332 g/mol. The van der Waals surface area contributed by atoms with Gasteiger partial charge in [-0.25, -0.2) is 14.9 Å². The van der Waals surface area contributed by atoms with E-state index < -0.39 is 0 Å². The number of thioether (sulfide) groups is 1. The highest BCUT2D eigenvalue weighted by molar-refractivity contribution is 7.98. The van der Waals surface area contributed by atoms with Crippen molar-refractivity contribution in [2.45, 2.75) is 44.1 Å². The van der Waals surface area contributed by atoms with Gasteiger partial charge in [0.1, 0.15) is 5.76 Å². The van der Waals surface area contributed by atoms with Crippen molar-refractivity contribution in [3.8, 4) is 10.8 Å². The van der Waals surface area contributed by atoms with Crippen molar-refractivity contribution < 1.29 is 4.42 Å². The van der Waals surface area contributed by atoms with E-state index in [9.17, 15) is 4.79 Å². The zero-order valence-electron chi connectivity index (χ0n) is 13.0. The van der Waals surface area contributed by atoms with E-state index >= 15 is 0 Å². The summed E-state index contributed by atoms with van der Waals surface area (Å²) in [4.78, 5) is 17.4. The Labute approximate surface area is 142 Å². The molecule has 3 rings (SSSR count). The molecule has 0 atom stereocenters. The summed E-state index contributed by atoms with van der Waals surface area (Å²) in [6.07, 6.45) is 1.99. The van der Waals surface area contributed by atoms with Gasteiger partial charge in [-0.15, -0.1) is 16.4 Å².